The summed E-state index contributed by atoms with van der Waals surface area (Å²) in [6, 6.07) is 0. The monoisotopic (exact) mass is 309 g/mol. The lowest BCUT2D eigenvalue weighted by Crippen LogP contribution is -2.31. The molecule has 9 heteroatoms. The molecule has 0 spiro atoms. The quantitative estimate of drug-likeness (QED) is 0.785. The van der Waals surface area contributed by atoms with Crippen molar-refractivity contribution >= 4 is 21.6 Å². The summed E-state index contributed by atoms with van der Waals surface area (Å²) < 4.78 is 36.7. The fourth-order valence-corrected chi connectivity index (χ4v) is 3.96. The molecule has 1 aromatic heterocycles. The number of alkyl halides is 1. The predicted octanol–water partition coefficient (Wildman–Crippen LogP) is 0.183. The number of nitrogens with one attached hydrogen (secondary N) is 1. The van der Waals surface area contributed by atoms with Gasteiger partial charge in [-0.3, -0.25) is 5.10 Å². The van der Waals surface area contributed by atoms with Gasteiger partial charge in [0.15, 0.2) is 5.03 Å². The molecule has 1 aliphatic heterocycles. The number of ether oxygens (including phenoxy) is 2. The Balaban J connectivity index is 2.27. The van der Waals surface area contributed by atoms with Crippen LogP contribution in [0, 0.1) is 0 Å². The minimum absolute atomic E-state index is 0.0362. The van der Waals surface area contributed by atoms with Crippen molar-refractivity contribution in [3.63, 3.8) is 0 Å². The van der Waals surface area contributed by atoms with E-state index in [2.05, 4.69) is 10.2 Å². The van der Waals surface area contributed by atoms with Crippen LogP contribution in [-0.2, 0) is 25.4 Å². The van der Waals surface area contributed by atoms with Crippen LogP contribution in [0.3, 0.4) is 0 Å². The van der Waals surface area contributed by atoms with Gasteiger partial charge in [-0.25, -0.2) is 8.42 Å². The number of hydrogen-bond donors (Lipinski definition) is 1. The van der Waals surface area contributed by atoms with Gasteiger partial charge in [0.05, 0.1) is 24.3 Å². The van der Waals surface area contributed by atoms with E-state index in [4.69, 9.17) is 21.1 Å². The molecule has 0 amide bonds. The van der Waals surface area contributed by atoms with Crippen LogP contribution in [0.25, 0.3) is 0 Å². The molecule has 2 unspecified atom stereocenters. The average molecular weight is 310 g/mol. The van der Waals surface area contributed by atoms with Crippen LogP contribution < -0.4 is 0 Å². The minimum atomic E-state index is -3.65. The van der Waals surface area contributed by atoms with Crippen molar-refractivity contribution in [2.75, 3.05) is 27.3 Å². The van der Waals surface area contributed by atoms with Gasteiger partial charge in [-0.1, -0.05) is 0 Å². The number of aromatic amines is 1. The van der Waals surface area contributed by atoms with Gasteiger partial charge in [-0.2, -0.15) is 9.40 Å². The first-order valence-electron chi connectivity index (χ1n) is 5.68. The lowest BCUT2D eigenvalue weighted by atomic mass is 10.3. The number of aromatic nitrogens is 2. The summed E-state index contributed by atoms with van der Waals surface area (Å²) in [5.41, 5.74) is 0.455. The van der Waals surface area contributed by atoms with Crippen molar-refractivity contribution in [2.45, 2.75) is 23.1 Å². The van der Waals surface area contributed by atoms with Crippen LogP contribution in [0.5, 0.6) is 0 Å². The zero-order chi connectivity index (χ0) is 14.0. The second-order valence-corrected chi connectivity index (χ2v) is 6.37. The zero-order valence-corrected chi connectivity index (χ0v) is 12.2. The Bertz CT molecular complexity index is 521. The molecular formula is C10H16ClN3O4S. The molecule has 0 radical (unpaired) electrons. The van der Waals surface area contributed by atoms with Crippen LogP contribution in [0.1, 0.15) is 5.56 Å². The maximum atomic E-state index is 12.5. The number of methoxy groups -OCH3 is 2. The maximum absolute atomic E-state index is 12.5. The van der Waals surface area contributed by atoms with Crippen LogP contribution in [0.2, 0.25) is 0 Å². The van der Waals surface area contributed by atoms with Crippen LogP contribution >= 0.6 is 11.6 Å². The van der Waals surface area contributed by atoms with Crippen molar-refractivity contribution < 1.29 is 17.9 Å². The van der Waals surface area contributed by atoms with Crippen molar-refractivity contribution in [3.8, 4) is 0 Å². The molecule has 2 atom stereocenters. The standard InChI is InChI=1S/C10H16ClN3O4S/c1-17-8-5-14(6-9(8)18-2)19(15,16)10-7(3-11)4-12-13-10/h4,8-9H,3,5-6H2,1-2H3,(H,12,13). The van der Waals surface area contributed by atoms with Gasteiger partial charge in [-0.15, -0.1) is 11.6 Å². The Kier molecular flexibility index (Phi) is 4.46. The molecule has 2 heterocycles. The number of rotatable bonds is 5. The van der Waals surface area contributed by atoms with Gasteiger partial charge in [0.1, 0.15) is 0 Å². The van der Waals surface area contributed by atoms with E-state index < -0.39 is 10.0 Å². The van der Waals surface area contributed by atoms with E-state index in [9.17, 15) is 8.42 Å². The molecule has 1 N–H and O–H groups in total. The Labute approximate surface area is 116 Å². The summed E-state index contributed by atoms with van der Waals surface area (Å²) in [7, 11) is -0.583. The molecule has 2 rings (SSSR count). The SMILES string of the molecule is COC1CN(S(=O)(=O)c2[nH]ncc2CCl)CC1OC. The molecule has 1 fully saturated rings. The first-order chi connectivity index (χ1) is 9.04. The van der Waals surface area contributed by atoms with Gasteiger partial charge in [-0.05, 0) is 0 Å². The summed E-state index contributed by atoms with van der Waals surface area (Å²) in [5, 5.41) is 6.26. The van der Waals surface area contributed by atoms with Crippen LogP contribution in [-0.4, -0.2) is 62.4 Å². The Morgan fingerprint density at radius 3 is 2.47 bits per heavy atom. The summed E-state index contributed by atoms with van der Waals surface area (Å²) in [6.07, 6.45) is 0.863. The number of H-pyrrole nitrogens is 1. The number of halogens is 1. The lowest BCUT2D eigenvalue weighted by molar-refractivity contribution is -0.00461. The van der Waals surface area contributed by atoms with Gasteiger partial charge >= 0.3 is 0 Å². The van der Waals surface area contributed by atoms with Crippen molar-refractivity contribution in [3.05, 3.63) is 11.8 Å². The molecule has 0 aromatic carbocycles. The van der Waals surface area contributed by atoms with Gasteiger partial charge in [0, 0.05) is 32.9 Å². The molecule has 1 aromatic rings. The van der Waals surface area contributed by atoms with Gasteiger partial charge in [0.25, 0.3) is 10.0 Å². The van der Waals surface area contributed by atoms with E-state index in [1.807, 2.05) is 0 Å². The Hall–Kier alpha value is -0.670. The first-order valence-corrected chi connectivity index (χ1v) is 7.66. The molecule has 1 saturated heterocycles. The second kappa shape index (κ2) is 5.76. The molecule has 0 aliphatic carbocycles. The van der Waals surface area contributed by atoms with Crippen molar-refractivity contribution in [1.82, 2.24) is 14.5 Å². The van der Waals surface area contributed by atoms with E-state index in [1.54, 1.807) is 0 Å². The van der Waals surface area contributed by atoms with E-state index in [0.717, 1.165) is 0 Å². The summed E-state index contributed by atoms with van der Waals surface area (Å²) in [5.74, 6) is 0.0836. The summed E-state index contributed by atoms with van der Waals surface area (Å²) in [4.78, 5) is 0. The van der Waals surface area contributed by atoms with E-state index in [1.165, 1.54) is 24.7 Å². The Morgan fingerprint density at radius 1 is 1.42 bits per heavy atom. The number of nitrogens with zero attached hydrogens (tertiary/aromatic N) is 2. The number of sulfonamides is 1. The fourth-order valence-electron chi connectivity index (χ4n) is 2.11. The van der Waals surface area contributed by atoms with E-state index in [0.29, 0.717) is 5.56 Å². The number of hydrogen-bond acceptors (Lipinski definition) is 5. The highest BCUT2D eigenvalue weighted by Gasteiger charge is 2.41. The van der Waals surface area contributed by atoms with Crippen molar-refractivity contribution in [2.24, 2.45) is 0 Å². The predicted molar refractivity (Wildman–Crippen MR) is 68.5 cm³/mol. The highest BCUT2D eigenvalue weighted by molar-refractivity contribution is 7.89. The largest absolute Gasteiger partial charge is 0.377 e. The Morgan fingerprint density at radius 2 is 2.00 bits per heavy atom. The lowest BCUT2D eigenvalue weighted by Gasteiger charge is -2.15. The molecule has 1 aliphatic rings. The molecule has 108 valence electrons. The van der Waals surface area contributed by atoms with Crippen LogP contribution in [0.4, 0.5) is 0 Å². The molecule has 19 heavy (non-hydrogen) atoms. The third kappa shape index (κ3) is 2.63. The van der Waals surface area contributed by atoms with Gasteiger partial charge in [0.2, 0.25) is 0 Å². The zero-order valence-electron chi connectivity index (χ0n) is 10.7. The molecule has 0 bridgehead atoms. The van der Waals surface area contributed by atoms with Crippen LogP contribution in [0.15, 0.2) is 11.2 Å². The molecular weight excluding hydrogens is 294 g/mol. The average Bonchev–Trinajstić information content (AvgIpc) is 3.04. The smallest absolute Gasteiger partial charge is 0.260 e. The molecule has 0 saturated carbocycles. The highest BCUT2D eigenvalue weighted by atomic mass is 35.5. The maximum Gasteiger partial charge on any atom is 0.260 e. The first kappa shape index (κ1) is 14.7. The third-order valence-corrected chi connectivity index (χ3v) is 5.34. The normalized spacial score (nSPS) is 25.0. The van der Waals surface area contributed by atoms with Gasteiger partial charge < -0.3 is 9.47 Å². The molecule has 7 nitrogen and oxygen atoms in total. The van der Waals surface area contributed by atoms with Crippen molar-refractivity contribution in [1.29, 1.82) is 0 Å². The summed E-state index contributed by atoms with van der Waals surface area (Å²) in [6.45, 7) is 0.496. The topological polar surface area (TPSA) is 84.5 Å². The highest BCUT2D eigenvalue weighted by Crippen LogP contribution is 2.25. The summed E-state index contributed by atoms with van der Waals surface area (Å²) >= 11 is 5.71. The fraction of sp³-hybridized carbons (Fsp3) is 0.700. The van der Waals surface area contributed by atoms with E-state index in [-0.39, 0.29) is 36.2 Å². The minimum Gasteiger partial charge on any atom is -0.377 e. The second-order valence-electron chi connectivity index (χ2n) is 4.23. The van der Waals surface area contributed by atoms with E-state index >= 15 is 0 Å². The third-order valence-electron chi connectivity index (χ3n) is 3.21.